The lowest BCUT2D eigenvalue weighted by Gasteiger charge is -2.40. The molecule has 5 atom stereocenters. The highest BCUT2D eigenvalue weighted by Crippen LogP contribution is 2.41. The average molecular weight is 513 g/mol. The third-order valence-corrected chi connectivity index (χ3v) is 10.4. The molecule has 0 amide bonds. The number of allylic oxidation sites excluding steroid dienone is 2. The topological polar surface area (TPSA) is 78.3 Å². The van der Waals surface area contributed by atoms with Crippen molar-refractivity contribution in [3.05, 3.63) is 12.2 Å². The molecule has 4 unspecified atom stereocenters. The lowest BCUT2D eigenvalue weighted by molar-refractivity contribution is 0.123. The van der Waals surface area contributed by atoms with Crippen LogP contribution in [0.4, 0.5) is 0 Å². The number of alkyl halides is 1. The zero-order chi connectivity index (χ0) is 23.2. The van der Waals surface area contributed by atoms with Crippen LogP contribution in [0.2, 0.25) is 0 Å². The maximum atomic E-state index is 6.27. The Hall–Kier alpha value is -0.130. The van der Waals surface area contributed by atoms with E-state index in [1.807, 2.05) is 0 Å². The summed E-state index contributed by atoms with van der Waals surface area (Å²) >= 11 is 6.27. The van der Waals surface area contributed by atoms with Crippen LogP contribution in [0.5, 0.6) is 0 Å². The molecule has 0 spiro atoms. The van der Waals surface area contributed by atoms with Crippen molar-refractivity contribution in [3.8, 4) is 0 Å². The van der Waals surface area contributed by atoms with E-state index in [1.165, 1.54) is 103 Å². The number of rotatable bonds is 8. The summed E-state index contributed by atoms with van der Waals surface area (Å²) < 4.78 is 0. The highest BCUT2D eigenvalue weighted by molar-refractivity contribution is 6.21. The van der Waals surface area contributed by atoms with Crippen LogP contribution in [-0.4, -0.2) is 53.5 Å². The van der Waals surface area contributed by atoms with Crippen LogP contribution in [0.1, 0.15) is 97.8 Å². The van der Waals surface area contributed by atoms with E-state index in [-0.39, 0.29) is 16.3 Å². The largest absolute Gasteiger partial charge is 0.412 e. The summed E-state index contributed by atoms with van der Waals surface area (Å²) in [6.45, 7) is 12.4. The third-order valence-electron chi connectivity index (χ3n) is 10.1. The number of halogens is 1. The molecule has 0 aromatic carbocycles. The van der Waals surface area contributed by atoms with Gasteiger partial charge < -0.3 is 21.2 Å². The summed E-state index contributed by atoms with van der Waals surface area (Å²) in [5, 5.41) is 4.36. The van der Waals surface area contributed by atoms with Crippen molar-refractivity contribution in [1.82, 2.24) is 10.2 Å². The summed E-state index contributed by atoms with van der Waals surface area (Å²) in [6, 6.07) is 0.643. The number of piperidine rings is 1. The first-order valence-electron chi connectivity index (χ1n) is 14.8. The SMILES string of the molecule is CC1CCC(C2CCCC(CN[C@@H](CN3CCC(C4C=CC(Cl)CC4)CC3)C(C)C)C2)CC1.O.O. The Kier molecular flexibility index (Phi) is 13.6. The molecule has 1 aliphatic heterocycles. The predicted molar refractivity (Wildman–Crippen MR) is 151 cm³/mol. The lowest BCUT2D eigenvalue weighted by Crippen LogP contribution is -2.48. The van der Waals surface area contributed by atoms with Crippen LogP contribution < -0.4 is 5.32 Å². The minimum absolute atomic E-state index is 0. The number of hydrogen-bond donors (Lipinski definition) is 1. The van der Waals surface area contributed by atoms with Crippen molar-refractivity contribution >= 4 is 11.6 Å². The molecule has 4 nitrogen and oxygen atoms in total. The van der Waals surface area contributed by atoms with E-state index in [1.54, 1.807) is 0 Å². The summed E-state index contributed by atoms with van der Waals surface area (Å²) in [4.78, 5) is 2.76. The molecule has 4 aliphatic rings. The quantitative estimate of drug-likeness (QED) is 0.326. The van der Waals surface area contributed by atoms with Gasteiger partial charge >= 0.3 is 0 Å². The molecule has 5 heteroatoms. The minimum atomic E-state index is 0. The monoisotopic (exact) mass is 512 g/mol. The van der Waals surface area contributed by atoms with Gasteiger partial charge in [0, 0.05) is 12.6 Å². The van der Waals surface area contributed by atoms with Gasteiger partial charge in [-0.05, 0) is 112 Å². The van der Waals surface area contributed by atoms with Gasteiger partial charge in [-0.25, -0.2) is 0 Å². The van der Waals surface area contributed by atoms with E-state index < -0.39 is 0 Å². The summed E-state index contributed by atoms with van der Waals surface area (Å²) in [5.41, 5.74) is 0. The fraction of sp³-hybridized carbons (Fsp3) is 0.933. The first-order chi connectivity index (χ1) is 16.0. The first kappa shape index (κ1) is 31.1. The van der Waals surface area contributed by atoms with Gasteiger partial charge in [0.05, 0.1) is 5.38 Å². The molecule has 3 fully saturated rings. The van der Waals surface area contributed by atoms with Gasteiger partial charge in [0.1, 0.15) is 0 Å². The van der Waals surface area contributed by atoms with Crippen molar-refractivity contribution in [3.63, 3.8) is 0 Å². The van der Waals surface area contributed by atoms with E-state index in [2.05, 4.69) is 43.1 Å². The maximum Gasteiger partial charge on any atom is 0.0516 e. The van der Waals surface area contributed by atoms with Crippen LogP contribution in [-0.2, 0) is 0 Å². The second-order valence-electron chi connectivity index (χ2n) is 12.9. The van der Waals surface area contributed by atoms with Gasteiger partial charge in [0.2, 0.25) is 0 Å². The Balaban J connectivity index is 0.00000216. The molecule has 0 bridgehead atoms. The molecular weight excluding hydrogens is 456 g/mol. The summed E-state index contributed by atoms with van der Waals surface area (Å²) in [6.07, 6.45) is 21.9. The van der Waals surface area contributed by atoms with Gasteiger partial charge in [-0.1, -0.05) is 58.6 Å². The fourth-order valence-corrected chi connectivity index (χ4v) is 7.78. The highest BCUT2D eigenvalue weighted by atomic mass is 35.5. The Bertz CT molecular complexity index is 599. The molecule has 0 radical (unpaired) electrons. The molecule has 206 valence electrons. The van der Waals surface area contributed by atoms with Crippen molar-refractivity contribution in [2.45, 2.75) is 109 Å². The molecule has 35 heavy (non-hydrogen) atoms. The Morgan fingerprint density at radius 2 is 1.54 bits per heavy atom. The number of nitrogens with zero attached hydrogens (tertiary/aromatic N) is 1. The van der Waals surface area contributed by atoms with Crippen LogP contribution >= 0.6 is 11.6 Å². The van der Waals surface area contributed by atoms with E-state index in [0.717, 1.165) is 35.5 Å². The van der Waals surface area contributed by atoms with Crippen molar-refractivity contribution in [2.24, 2.45) is 41.4 Å². The molecule has 3 aliphatic carbocycles. The van der Waals surface area contributed by atoms with Crippen LogP contribution in [0, 0.1) is 41.4 Å². The zero-order valence-electron chi connectivity index (χ0n) is 23.0. The Morgan fingerprint density at radius 3 is 2.17 bits per heavy atom. The Morgan fingerprint density at radius 1 is 0.829 bits per heavy atom. The molecule has 0 aromatic heterocycles. The summed E-state index contributed by atoms with van der Waals surface area (Å²) in [7, 11) is 0. The van der Waals surface area contributed by atoms with E-state index in [0.29, 0.717) is 12.0 Å². The van der Waals surface area contributed by atoms with Gasteiger partial charge in [0.25, 0.3) is 0 Å². The van der Waals surface area contributed by atoms with Crippen molar-refractivity contribution < 1.29 is 11.0 Å². The van der Waals surface area contributed by atoms with Crippen molar-refractivity contribution in [2.75, 3.05) is 26.2 Å². The molecule has 0 aromatic rings. The van der Waals surface area contributed by atoms with Gasteiger partial charge in [0.15, 0.2) is 0 Å². The van der Waals surface area contributed by atoms with Crippen LogP contribution in [0.25, 0.3) is 0 Å². The normalized spacial score (nSPS) is 35.8. The summed E-state index contributed by atoms with van der Waals surface area (Å²) in [5.74, 6) is 6.35. The molecular formula is C30H57ClN2O2. The molecule has 5 N–H and O–H groups in total. The maximum absolute atomic E-state index is 6.27. The molecule has 4 rings (SSSR count). The molecule has 1 heterocycles. The molecule has 1 saturated heterocycles. The lowest BCUT2D eigenvalue weighted by atomic mass is 9.69. The average Bonchev–Trinajstić information content (AvgIpc) is 2.83. The standard InChI is InChI=1S/C30H53ClN2.2H2O/c1-22(2)30(21-33-17-15-27(16-18-33)25-11-13-29(31)14-12-25)32-20-24-5-4-6-28(19-24)26-9-7-23(3)8-10-26;;/h11,13,22-30,32H,4-10,12,14-21H2,1-3H3;2*1H2/t23?,24?,25?,26?,28?,29?,30-;;/m0../s1. The minimum Gasteiger partial charge on any atom is -0.412 e. The number of hydrogen-bond acceptors (Lipinski definition) is 2. The number of nitrogens with one attached hydrogen (secondary N) is 1. The van der Waals surface area contributed by atoms with Gasteiger partial charge in [-0.3, -0.25) is 0 Å². The number of likely N-dealkylation sites (tertiary alicyclic amines) is 1. The smallest absolute Gasteiger partial charge is 0.0516 e. The first-order valence-corrected chi connectivity index (χ1v) is 15.2. The van der Waals surface area contributed by atoms with E-state index in [4.69, 9.17) is 11.6 Å². The van der Waals surface area contributed by atoms with Crippen LogP contribution in [0.15, 0.2) is 12.2 Å². The van der Waals surface area contributed by atoms with Gasteiger partial charge in [-0.2, -0.15) is 0 Å². The second kappa shape index (κ2) is 15.3. The Labute approximate surface area is 221 Å². The van der Waals surface area contributed by atoms with E-state index >= 15 is 0 Å². The zero-order valence-corrected chi connectivity index (χ0v) is 23.7. The predicted octanol–water partition coefficient (Wildman–Crippen LogP) is 5.87. The second-order valence-corrected chi connectivity index (χ2v) is 13.4. The van der Waals surface area contributed by atoms with Crippen molar-refractivity contribution in [1.29, 1.82) is 0 Å². The van der Waals surface area contributed by atoms with Crippen LogP contribution in [0.3, 0.4) is 0 Å². The fourth-order valence-electron chi connectivity index (χ4n) is 7.57. The highest BCUT2D eigenvalue weighted by Gasteiger charge is 2.32. The van der Waals surface area contributed by atoms with E-state index in [9.17, 15) is 0 Å². The molecule has 2 saturated carbocycles. The van der Waals surface area contributed by atoms with Gasteiger partial charge in [-0.15, -0.1) is 11.6 Å². The third kappa shape index (κ3) is 9.28.